The topological polar surface area (TPSA) is 97.7 Å². The van der Waals surface area contributed by atoms with E-state index in [4.69, 9.17) is 0 Å². The number of quaternary nitrogens is 1. The fraction of sp³-hybridized carbons (Fsp3) is 0.882. The van der Waals surface area contributed by atoms with Crippen LogP contribution in [0.5, 0.6) is 0 Å². The second-order valence-corrected chi connectivity index (χ2v) is 6.24. The van der Waals surface area contributed by atoms with Crippen LogP contribution in [0.4, 0.5) is 0 Å². The molecule has 0 amide bonds. The third-order valence-corrected chi connectivity index (χ3v) is 4.76. The number of aliphatic carboxylic acids is 2. The van der Waals surface area contributed by atoms with Crippen LogP contribution in [0.25, 0.3) is 0 Å². The molecule has 0 aromatic heterocycles. The number of unbranched alkanes of at least 4 members (excludes halogenated alkanes) is 5. The average molecular weight is 354 g/mol. The summed E-state index contributed by atoms with van der Waals surface area (Å²) >= 11 is 0. The van der Waals surface area contributed by atoms with Gasteiger partial charge >= 0.3 is 35.5 Å². The van der Waals surface area contributed by atoms with Crippen molar-refractivity contribution in [3.05, 3.63) is 0 Å². The van der Waals surface area contributed by atoms with Crippen molar-refractivity contribution in [2.75, 3.05) is 13.3 Å². The Labute approximate surface area is 168 Å². The van der Waals surface area contributed by atoms with Gasteiger partial charge in [0.15, 0.2) is 12.8 Å². The second kappa shape index (κ2) is 14.1. The Morgan fingerprint density at radius 3 is 1.83 bits per heavy atom. The minimum absolute atomic E-state index is 0. The molecule has 136 valence electrons. The van der Waals surface area contributed by atoms with Crippen molar-refractivity contribution in [1.82, 2.24) is 0 Å². The van der Waals surface area contributed by atoms with Crippen molar-refractivity contribution in [2.45, 2.75) is 84.2 Å². The van der Waals surface area contributed by atoms with E-state index in [2.05, 4.69) is 6.92 Å². The summed E-state index contributed by atoms with van der Waals surface area (Å²) in [4.78, 5) is 23.1. The van der Waals surface area contributed by atoms with Crippen LogP contribution >= 0.6 is 0 Å². The summed E-state index contributed by atoms with van der Waals surface area (Å²) in [5.41, 5.74) is 0. The Kier molecular flexibility index (Phi) is 15.3. The second-order valence-electron chi connectivity index (χ2n) is 6.24. The Balaban J connectivity index is 0. The van der Waals surface area contributed by atoms with Gasteiger partial charge in [0.25, 0.3) is 0 Å². The van der Waals surface area contributed by atoms with Crippen LogP contribution in [0, 0.1) is 0 Å². The molecule has 7 heteroatoms. The maximum absolute atomic E-state index is 11.6. The first-order valence-corrected chi connectivity index (χ1v) is 8.82. The van der Waals surface area contributed by atoms with Crippen LogP contribution in [-0.4, -0.2) is 52.0 Å². The zero-order chi connectivity index (χ0) is 17.9. The summed E-state index contributed by atoms with van der Waals surface area (Å²) in [7, 11) is 0. The number of nitrogens with zero attached hydrogens (tertiary/aromatic N) is 1. The predicted molar refractivity (Wildman–Crippen MR) is 86.4 cm³/mol. The monoisotopic (exact) mass is 354 g/mol. The van der Waals surface area contributed by atoms with Crippen molar-refractivity contribution in [1.29, 1.82) is 0 Å². The van der Waals surface area contributed by atoms with E-state index in [1.807, 2.05) is 0 Å². The molecule has 0 aliphatic heterocycles. The molecule has 2 N–H and O–H groups in total. The summed E-state index contributed by atoms with van der Waals surface area (Å²) in [5.74, 6) is -2.35. The van der Waals surface area contributed by atoms with Crippen LogP contribution in [0.2, 0.25) is 0 Å². The normalized spacial score (nSPS) is 15.8. The molecule has 0 saturated heterocycles. The van der Waals surface area contributed by atoms with Crippen molar-refractivity contribution in [3.8, 4) is 0 Å². The molecule has 0 aromatic rings. The number of hydrogen-bond donors (Lipinski definition) is 2. The van der Waals surface area contributed by atoms with Crippen LogP contribution in [0.15, 0.2) is 0 Å². The number of carboxylic acid groups (broad SMARTS) is 2. The fourth-order valence-electron chi connectivity index (χ4n) is 3.48. The molecule has 0 rings (SSSR count). The van der Waals surface area contributed by atoms with Gasteiger partial charge in [-0.15, -0.1) is 0 Å². The summed E-state index contributed by atoms with van der Waals surface area (Å²) < 4.78 is -0.335. The summed E-state index contributed by atoms with van der Waals surface area (Å²) in [6, 6.07) is -1.94. The first-order chi connectivity index (χ1) is 10.9. The van der Waals surface area contributed by atoms with Crippen molar-refractivity contribution in [3.63, 3.8) is 0 Å². The van der Waals surface area contributed by atoms with Gasteiger partial charge in [-0.3, -0.25) is 4.48 Å². The van der Waals surface area contributed by atoms with Crippen molar-refractivity contribution < 1.29 is 58.9 Å². The molecule has 0 radical (unpaired) electrons. The fourth-order valence-corrected chi connectivity index (χ4v) is 3.48. The molecule has 0 aliphatic rings. The van der Waals surface area contributed by atoms with Gasteiger partial charge in [0.1, 0.15) is 6.04 Å². The maximum Gasteiger partial charge on any atom is 1.00 e. The number of rotatable bonds is 14. The molecule has 24 heavy (non-hydrogen) atoms. The number of aliphatic hydroxyl groups is 1. The number of hydrogen-bond acceptors (Lipinski definition) is 4. The number of aliphatic hydroxyl groups excluding tert-OH is 1. The van der Waals surface area contributed by atoms with Gasteiger partial charge in [0, 0.05) is 12.8 Å². The Bertz CT molecular complexity index is 343. The minimum atomic E-state index is -1.28. The molecule has 0 aromatic carbocycles. The summed E-state index contributed by atoms with van der Waals surface area (Å²) in [6.45, 7) is 5.40. The van der Waals surface area contributed by atoms with E-state index in [-0.39, 0.29) is 46.9 Å². The first kappa shape index (κ1) is 26.1. The van der Waals surface area contributed by atoms with Gasteiger partial charge in [0.05, 0.1) is 12.5 Å². The molecule has 6 nitrogen and oxygen atoms in total. The standard InChI is InChI=1S/C17H33NO5.Na/c1-4-7-8-9-10-11-12-18(13-19,14(5-2)16(20)21)15(6-3)17(22)23;/h14-15,19H,4-13H2,1-3H3,(H-,20,21,22,23);/q;+1. The van der Waals surface area contributed by atoms with E-state index in [0.29, 0.717) is 13.0 Å². The van der Waals surface area contributed by atoms with Crippen LogP contribution in [0.3, 0.4) is 0 Å². The zero-order valence-electron chi connectivity index (χ0n) is 15.8. The van der Waals surface area contributed by atoms with Gasteiger partial charge in [-0.25, -0.2) is 4.79 Å². The minimum Gasteiger partial charge on any atom is -0.544 e. The van der Waals surface area contributed by atoms with Crippen molar-refractivity contribution in [2.24, 2.45) is 0 Å². The van der Waals surface area contributed by atoms with Gasteiger partial charge < -0.3 is 20.1 Å². The quantitative estimate of drug-likeness (QED) is 0.171. The average Bonchev–Trinajstić information content (AvgIpc) is 2.50. The van der Waals surface area contributed by atoms with E-state index in [1.165, 1.54) is 6.42 Å². The number of carboxylic acids is 2. The van der Waals surface area contributed by atoms with E-state index < -0.39 is 30.8 Å². The third-order valence-electron chi connectivity index (χ3n) is 4.76. The van der Waals surface area contributed by atoms with Gasteiger partial charge in [-0.05, 0) is 12.8 Å². The molecule has 0 aliphatic carbocycles. The predicted octanol–water partition coefficient (Wildman–Crippen LogP) is -1.49. The van der Waals surface area contributed by atoms with E-state index in [9.17, 15) is 24.9 Å². The SMILES string of the molecule is CCCCCCCC[N+](CO)(C(CC)C(=O)[O-])C(CC)C(=O)O.[Na+]. The van der Waals surface area contributed by atoms with Gasteiger partial charge in [-0.1, -0.05) is 46.5 Å². The molecule has 0 fully saturated rings. The van der Waals surface area contributed by atoms with Gasteiger partial charge in [-0.2, -0.15) is 0 Å². The Morgan fingerprint density at radius 1 is 0.958 bits per heavy atom. The van der Waals surface area contributed by atoms with E-state index in [0.717, 1.165) is 25.7 Å². The van der Waals surface area contributed by atoms with Gasteiger partial charge in [0.2, 0.25) is 0 Å². The Morgan fingerprint density at radius 2 is 1.46 bits per heavy atom. The molecule has 0 heterocycles. The smallest absolute Gasteiger partial charge is 0.544 e. The Hall–Kier alpha value is -0.140. The molecular formula is C17H33NNaO5+. The molecule has 0 bridgehead atoms. The zero-order valence-corrected chi connectivity index (χ0v) is 17.8. The molecule has 0 spiro atoms. The largest absolute Gasteiger partial charge is 1.00 e. The third kappa shape index (κ3) is 7.40. The molecule has 3 unspecified atom stereocenters. The number of carbonyl (C=O) groups is 2. The first-order valence-electron chi connectivity index (χ1n) is 8.82. The molecule has 0 saturated carbocycles. The maximum atomic E-state index is 11.6. The van der Waals surface area contributed by atoms with Crippen LogP contribution in [0.1, 0.15) is 72.1 Å². The van der Waals surface area contributed by atoms with Crippen molar-refractivity contribution >= 4 is 11.9 Å². The molecular weight excluding hydrogens is 321 g/mol. The van der Waals surface area contributed by atoms with Crippen LogP contribution < -0.4 is 34.7 Å². The summed E-state index contributed by atoms with van der Waals surface area (Å²) in [5, 5.41) is 31.0. The van der Waals surface area contributed by atoms with E-state index in [1.54, 1.807) is 13.8 Å². The molecule has 3 atom stereocenters. The number of carbonyl (C=O) groups excluding carboxylic acids is 1. The van der Waals surface area contributed by atoms with E-state index >= 15 is 0 Å². The van der Waals surface area contributed by atoms with Crippen LogP contribution in [-0.2, 0) is 9.59 Å². The summed E-state index contributed by atoms with van der Waals surface area (Å²) in [6.07, 6.45) is 6.63.